The van der Waals surface area contributed by atoms with Gasteiger partial charge in [-0.15, -0.1) is 0 Å². The van der Waals surface area contributed by atoms with E-state index in [0.717, 1.165) is 4.90 Å². The van der Waals surface area contributed by atoms with E-state index >= 15 is 0 Å². The second-order valence-corrected chi connectivity index (χ2v) is 8.00. The van der Waals surface area contributed by atoms with Crippen molar-refractivity contribution < 1.29 is 23.9 Å². The lowest BCUT2D eigenvalue weighted by Crippen LogP contribution is -2.43. The summed E-state index contributed by atoms with van der Waals surface area (Å²) in [4.78, 5) is 51.7. The smallest absolute Gasteiger partial charge is 0.325 e. The number of carbonyl (C=O) groups is 4. The van der Waals surface area contributed by atoms with Crippen molar-refractivity contribution in [1.29, 1.82) is 0 Å². The first-order valence-corrected chi connectivity index (χ1v) is 10.7. The summed E-state index contributed by atoms with van der Waals surface area (Å²) < 4.78 is 5.23. The van der Waals surface area contributed by atoms with Gasteiger partial charge in [0.1, 0.15) is 5.54 Å². The van der Waals surface area contributed by atoms with Crippen LogP contribution < -0.4 is 10.6 Å². The van der Waals surface area contributed by atoms with E-state index in [0.29, 0.717) is 42.9 Å². The first-order valence-electron chi connectivity index (χ1n) is 10.7. The highest BCUT2D eigenvalue weighted by Gasteiger charge is 2.51. The van der Waals surface area contributed by atoms with Gasteiger partial charge < -0.3 is 15.4 Å². The molecule has 0 bridgehead atoms. The topological polar surface area (TPSA) is 105 Å². The van der Waals surface area contributed by atoms with Crippen LogP contribution in [0.25, 0.3) is 0 Å². The number of hydrogen-bond acceptors (Lipinski definition) is 5. The highest BCUT2D eigenvalue weighted by molar-refractivity contribution is 6.11. The van der Waals surface area contributed by atoms with Crippen LogP contribution in [0.5, 0.6) is 0 Å². The normalized spacial score (nSPS) is 22.7. The van der Waals surface area contributed by atoms with Crippen LogP contribution in [0.2, 0.25) is 0 Å². The number of carbonyl (C=O) groups excluding carboxylic acids is 4. The number of anilines is 1. The highest BCUT2D eigenvalue weighted by Crippen LogP contribution is 2.32. The number of benzene rings is 2. The van der Waals surface area contributed by atoms with Gasteiger partial charge in [0.05, 0.1) is 19.1 Å². The zero-order chi connectivity index (χ0) is 22.7. The van der Waals surface area contributed by atoms with Crippen LogP contribution in [-0.2, 0) is 19.9 Å². The van der Waals surface area contributed by atoms with Crippen molar-refractivity contribution >= 4 is 29.3 Å². The first kappa shape index (κ1) is 21.7. The van der Waals surface area contributed by atoms with Crippen LogP contribution in [-0.4, -0.2) is 48.3 Å². The van der Waals surface area contributed by atoms with Crippen LogP contribution in [0.3, 0.4) is 0 Å². The summed E-state index contributed by atoms with van der Waals surface area (Å²) in [7, 11) is 0. The third-order valence-corrected chi connectivity index (χ3v) is 6.05. The molecule has 2 fully saturated rings. The number of amides is 4. The molecule has 2 N–H and O–H groups in total. The second-order valence-electron chi connectivity index (χ2n) is 8.00. The van der Waals surface area contributed by atoms with Gasteiger partial charge in [0.25, 0.3) is 5.91 Å². The number of hydrogen-bond donors (Lipinski definition) is 2. The van der Waals surface area contributed by atoms with Gasteiger partial charge in [-0.2, -0.15) is 0 Å². The van der Waals surface area contributed by atoms with Crippen molar-refractivity contribution in [3.05, 3.63) is 65.7 Å². The molecule has 0 saturated carbocycles. The Bertz CT molecular complexity index is 1030. The van der Waals surface area contributed by atoms with E-state index in [1.165, 1.54) is 0 Å². The molecule has 2 aliphatic rings. The van der Waals surface area contributed by atoms with Gasteiger partial charge >= 0.3 is 6.03 Å². The van der Waals surface area contributed by atoms with Crippen LogP contribution in [0.4, 0.5) is 10.5 Å². The number of ketones is 1. The monoisotopic (exact) mass is 435 g/mol. The van der Waals surface area contributed by atoms with Crippen LogP contribution in [0, 0.1) is 5.92 Å². The summed E-state index contributed by atoms with van der Waals surface area (Å²) in [5.41, 5.74) is 0.434. The quantitative estimate of drug-likeness (QED) is 0.514. The number of nitrogens with one attached hydrogen (secondary N) is 2. The SMILES string of the molecule is CCC1(c2ccccc2)NC(=O)N(CC(=O)c2ccc(NC(=O)C3CCOC3)cc2)C1=O. The molecule has 2 aromatic rings. The van der Waals surface area contributed by atoms with E-state index in [1.54, 1.807) is 48.5 Å². The predicted octanol–water partition coefficient (Wildman–Crippen LogP) is 2.70. The summed E-state index contributed by atoms with van der Waals surface area (Å²) in [6, 6.07) is 14.9. The van der Waals surface area contributed by atoms with E-state index in [-0.39, 0.29) is 24.2 Å². The van der Waals surface area contributed by atoms with Crippen molar-refractivity contribution in [3.8, 4) is 0 Å². The second kappa shape index (κ2) is 8.92. The van der Waals surface area contributed by atoms with Gasteiger partial charge in [0.2, 0.25) is 5.91 Å². The van der Waals surface area contributed by atoms with Crippen molar-refractivity contribution in [2.24, 2.45) is 5.92 Å². The van der Waals surface area contributed by atoms with Crippen LogP contribution in [0.1, 0.15) is 35.7 Å². The molecule has 2 atom stereocenters. The molecule has 0 aromatic heterocycles. The Balaban J connectivity index is 1.44. The first-order chi connectivity index (χ1) is 15.4. The predicted molar refractivity (Wildman–Crippen MR) is 117 cm³/mol. The Morgan fingerprint density at radius 3 is 2.47 bits per heavy atom. The summed E-state index contributed by atoms with van der Waals surface area (Å²) in [6.45, 7) is 2.46. The molecule has 2 aliphatic heterocycles. The average molecular weight is 435 g/mol. The number of urea groups is 1. The van der Waals surface area contributed by atoms with Crippen LogP contribution in [0.15, 0.2) is 54.6 Å². The minimum absolute atomic E-state index is 0.113. The Labute approximate surface area is 185 Å². The largest absolute Gasteiger partial charge is 0.381 e. The van der Waals surface area contributed by atoms with Gasteiger partial charge in [0.15, 0.2) is 5.78 Å². The molecule has 4 rings (SSSR count). The highest BCUT2D eigenvalue weighted by atomic mass is 16.5. The molecular formula is C24H25N3O5. The number of imide groups is 1. The Morgan fingerprint density at radius 1 is 1.12 bits per heavy atom. The van der Waals surface area contributed by atoms with Crippen molar-refractivity contribution in [2.45, 2.75) is 25.3 Å². The zero-order valence-electron chi connectivity index (χ0n) is 17.8. The molecule has 8 nitrogen and oxygen atoms in total. The van der Waals surface area contributed by atoms with Gasteiger partial charge in [-0.1, -0.05) is 37.3 Å². The maximum absolute atomic E-state index is 13.2. The van der Waals surface area contributed by atoms with Gasteiger partial charge in [-0.25, -0.2) is 4.79 Å². The molecule has 166 valence electrons. The van der Waals surface area contributed by atoms with Crippen molar-refractivity contribution in [3.63, 3.8) is 0 Å². The summed E-state index contributed by atoms with van der Waals surface area (Å²) in [6.07, 6.45) is 1.06. The third kappa shape index (κ3) is 4.01. The summed E-state index contributed by atoms with van der Waals surface area (Å²) in [5, 5.41) is 5.59. The fourth-order valence-corrected chi connectivity index (χ4v) is 4.09. The Hall–Kier alpha value is -3.52. The van der Waals surface area contributed by atoms with Crippen molar-refractivity contribution in [1.82, 2.24) is 10.2 Å². The Morgan fingerprint density at radius 2 is 1.84 bits per heavy atom. The third-order valence-electron chi connectivity index (χ3n) is 6.05. The summed E-state index contributed by atoms with van der Waals surface area (Å²) in [5.74, 6) is -1.08. The molecule has 2 aromatic carbocycles. The molecule has 4 amide bonds. The zero-order valence-corrected chi connectivity index (χ0v) is 17.8. The molecule has 0 radical (unpaired) electrons. The maximum Gasteiger partial charge on any atom is 0.325 e. The Kier molecular flexibility index (Phi) is 6.05. The van der Waals surface area contributed by atoms with Gasteiger partial charge in [-0.3, -0.25) is 19.3 Å². The lowest BCUT2D eigenvalue weighted by molar-refractivity contribution is -0.131. The average Bonchev–Trinajstić information content (AvgIpc) is 3.44. The molecule has 2 saturated heterocycles. The number of ether oxygens (including phenoxy) is 1. The standard InChI is InChI=1S/C24H25N3O5/c1-2-24(18-6-4-3-5-7-18)22(30)27(23(31)26-24)14-20(28)16-8-10-19(11-9-16)25-21(29)17-12-13-32-15-17/h3-11,17H,2,12-15H2,1H3,(H,25,29)(H,26,31). The lowest BCUT2D eigenvalue weighted by Gasteiger charge is -2.25. The lowest BCUT2D eigenvalue weighted by atomic mass is 9.87. The van der Waals surface area contributed by atoms with E-state index < -0.39 is 17.5 Å². The minimum Gasteiger partial charge on any atom is -0.381 e. The molecular weight excluding hydrogens is 410 g/mol. The van der Waals surface area contributed by atoms with Gasteiger partial charge in [-0.05, 0) is 42.7 Å². The fraction of sp³-hybridized carbons (Fsp3) is 0.333. The van der Waals surface area contributed by atoms with Gasteiger partial charge in [0, 0.05) is 17.9 Å². The molecule has 0 aliphatic carbocycles. The van der Waals surface area contributed by atoms with Crippen molar-refractivity contribution in [2.75, 3.05) is 25.1 Å². The fourth-order valence-electron chi connectivity index (χ4n) is 4.09. The maximum atomic E-state index is 13.2. The molecule has 32 heavy (non-hydrogen) atoms. The molecule has 8 heteroatoms. The minimum atomic E-state index is -1.17. The van der Waals surface area contributed by atoms with E-state index in [2.05, 4.69) is 10.6 Å². The molecule has 2 heterocycles. The number of Topliss-reactive ketones (excluding diaryl/α,β-unsaturated/α-hetero) is 1. The van der Waals surface area contributed by atoms with E-state index in [1.807, 2.05) is 13.0 Å². The van der Waals surface area contributed by atoms with E-state index in [4.69, 9.17) is 4.74 Å². The number of nitrogens with zero attached hydrogens (tertiary/aromatic N) is 1. The number of rotatable bonds is 7. The summed E-state index contributed by atoms with van der Waals surface area (Å²) >= 11 is 0. The van der Waals surface area contributed by atoms with Crippen LogP contribution >= 0.6 is 0 Å². The molecule has 2 unspecified atom stereocenters. The molecule has 0 spiro atoms. The van der Waals surface area contributed by atoms with E-state index in [9.17, 15) is 19.2 Å².